The zero-order valence-electron chi connectivity index (χ0n) is 6.40. The van der Waals surface area contributed by atoms with Crippen LogP contribution in [0.3, 0.4) is 0 Å². The second-order valence-electron chi connectivity index (χ2n) is 2.86. The van der Waals surface area contributed by atoms with Crippen LogP contribution in [0.1, 0.15) is 5.56 Å². The first kappa shape index (κ1) is 7.71. The maximum absolute atomic E-state index is 13.4. The molecule has 1 aliphatic rings. The van der Waals surface area contributed by atoms with Crippen molar-refractivity contribution >= 4 is 0 Å². The van der Waals surface area contributed by atoms with Crippen LogP contribution in [0.25, 0.3) is 0 Å². The molecule has 2 unspecified atom stereocenters. The maximum Gasteiger partial charge on any atom is 0.261 e. The Balaban J connectivity index is 2.28. The number of aliphatic hydroxyl groups is 1. The summed E-state index contributed by atoms with van der Waals surface area (Å²) in [4.78, 5) is 0. The number of halogens is 1. The van der Waals surface area contributed by atoms with Gasteiger partial charge in [-0.25, -0.2) is 4.39 Å². The first-order valence-corrected chi connectivity index (χ1v) is 3.79. The zero-order chi connectivity index (χ0) is 8.60. The molecule has 2 atom stereocenters. The molecule has 1 saturated heterocycles. The molecule has 64 valence electrons. The van der Waals surface area contributed by atoms with Crippen LogP contribution in [0.2, 0.25) is 0 Å². The maximum atomic E-state index is 13.4. The lowest BCUT2D eigenvalue weighted by atomic mass is 10.1. The Bertz CT molecular complexity index is 267. The largest absolute Gasteiger partial charge is 0.367 e. The predicted octanol–water partition coefficient (Wildman–Crippen LogP) is 1.20. The standard InChI is InChI=1S/C9H9FO2/c10-9(11,8-6-12-8)7-4-2-1-3-5-7/h1-5,8,11H,6H2. The van der Waals surface area contributed by atoms with Gasteiger partial charge in [0.05, 0.1) is 6.61 Å². The van der Waals surface area contributed by atoms with E-state index >= 15 is 0 Å². The molecule has 3 heteroatoms. The zero-order valence-corrected chi connectivity index (χ0v) is 6.40. The number of hydrogen-bond acceptors (Lipinski definition) is 2. The summed E-state index contributed by atoms with van der Waals surface area (Å²) in [6.45, 7) is 0.294. The summed E-state index contributed by atoms with van der Waals surface area (Å²) < 4.78 is 18.1. The van der Waals surface area contributed by atoms with Gasteiger partial charge in [0, 0.05) is 5.56 Å². The van der Waals surface area contributed by atoms with Gasteiger partial charge in [-0.15, -0.1) is 0 Å². The van der Waals surface area contributed by atoms with Gasteiger partial charge in [0.2, 0.25) is 0 Å². The van der Waals surface area contributed by atoms with E-state index in [1.165, 1.54) is 0 Å². The summed E-state index contributed by atoms with van der Waals surface area (Å²) >= 11 is 0. The summed E-state index contributed by atoms with van der Waals surface area (Å²) in [6, 6.07) is 8.22. The first-order valence-electron chi connectivity index (χ1n) is 3.79. The van der Waals surface area contributed by atoms with E-state index in [2.05, 4.69) is 0 Å². The average Bonchev–Trinajstić information content (AvgIpc) is 2.88. The van der Waals surface area contributed by atoms with Gasteiger partial charge in [-0.05, 0) is 0 Å². The highest BCUT2D eigenvalue weighted by Gasteiger charge is 2.47. The highest BCUT2D eigenvalue weighted by molar-refractivity contribution is 5.22. The van der Waals surface area contributed by atoms with Crippen molar-refractivity contribution in [3.63, 3.8) is 0 Å². The summed E-state index contributed by atoms with van der Waals surface area (Å²) in [5.74, 6) is -2.32. The highest BCUT2D eigenvalue weighted by atomic mass is 19.2. The normalized spacial score (nSPS) is 26.3. The van der Waals surface area contributed by atoms with E-state index in [1.54, 1.807) is 30.3 Å². The second kappa shape index (κ2) is 2.54. The van der Waals surface area contributed by atoms with Crippen molar-refractivity contribution in [2.45, 2.75) is 12.0 Å². The molecule has 1 aliphatic heterocycles. The minimum absolute atomic E-state index is 0.257. The van der Waals surface area contributed by atoms with Crippen molar-refractivity contribution in [2.75, 3.05) is 6.61 Å². The van der Waals surface area contributed by atoms with Gasteiger partial charge in [-0.2, -0.15) is 0 Å². The summed E-state index contributed by atoms with van der Waals surface area (Å²) in [5.41, 5.74) is 0.257. The van der Waals surface area contributed by atoms with E-state index in [9.17, 15) is 9.50 Å². The number of rotatable bonds is 2. The van der Waals surface area contributed by atoms with Gasteiger partial charge >= 0.3 is 0 Å². The Morgan fingerprint density at radius 3 is 2.50 bits per heavy atom. The summed E-state index contributed by atoms with van der Waals surface area (Å²) in [7, 11) is 0. The molecule has 0 amide bonds. The van der Waals surface area contributed by atoms with E-state index in [4.69, 9.17) is 4.74 Å². The van der Waals surface area contributed by atoms with E-state index in [1.807, 2.05) is 0 Å². The SMILES string of the molecule is OC(F)(c1ccccc1)C1CO1. The van der Waals surface area contributed by atoms with Gasteiger partial charge in [0.1, 0.15) is 6.10 Å². The number of benzene rings is 1. The quantitative estimate of drug-likeness (QED) is 0.673. The molecular weight excluding hydrogens is 159 g/mol. The molecule has 0 radical (unpaired) electrons. The summed E-state index contributed by atoms with van der Waals surface area (Å²) in [6.07, 6.45) is -0.681. The lowest BCUT2D eigenvalue weighted by Crippen LogP contribution is -2.26. The van der Waals surface area contributed by atoms with Crippen molar-refractivity contribution in [2.24, 2.45) is 0 Å². The molecule has 1 fully saturated rings. The fourth-order valence-corrected chi connectivity index (χ4v) is 1.13. The molecule has 1 aromatic rings. The van der Waals surface area contributed by atoms with Crippen LogP contribution < -0.4 is 0 Å². The van der Waals surface area contributed by atoms with Crippen LogP contribution in [0.4, 0.5) is 4.39 Å². The van der Waals surface area contributed by atoms with Gasteiger partial charge in [-0.1, -0.05) is 30.3 Å². The van der Waals surface area contributed by atoms with Gasteiger partial charge in [0.25, 0.3) is 5.85 Å². The Labute approximate surface area is 69.6 Å². The minimum Gasteiger partial charge on any atom is -0.367 e. The molecule has 0 aliphatic carbocycles. The van der Waals surface area contributed by atoms with Gasteiger partial charge in [0.15, 0.2) is 0 Å². The smallest absolute Gasteiger partial charge is 0.261 e. The second-order valence-corrected chi connectivity index (χ2v) is 2.86. The number of hydrogen-bond donors (Lipinski definition) is 1. The van der Waals surface area contributed by atoms with Crippen LogP contribution in [0.5, 0.6) is 0 Å². The molecule has 2 nitrogen and oxygen atoms in total. The number of ether oxygens (including phenoxy) is 1. The third kappa shape index (κ3) is 1.21. The van der Waals surface area contributed by atoms with Crippen LogP contribution in [-0.4, -0.2) is 17.8 Å². The molecule has 1 heterocycles. The Hall–Kier alpha value is -0.930. The molecule has 0 saturated carbocycles. The Morgan fingerprint density at radius 2 is 2.00 bits per heavy atom. The molecule has 1 aromatic carbocycles. The first-order chi connectivity index (χ1) is 5.71. The Morgan fingerprint density at radius 1 is 1.42 bits per heavy atom. The lowest BCUT2D eigenvalue weighted by molar-refractivity contribution is -0.115. The van der Waals surface area contributed by atoms with Crippen molar-refractivity contribution in [3.8, 4) is 0 Å². The fraction of sp³-hybridized carbons (Fsp3) is 0.333. The van der Waals surface area contributed by atoms with E-state index in [-0.39, 0.29) is 5.56 Å². The molecule has 0 spiro atoms. The molecule has 0 bridgehead atoms. The molecule has 2 rings (SSSR count). The lowest BCUT2D eigenvalue weighted by Gasteiger charge is -2.15. The van der Waals surface area contributed by atoms with Crippen LogP contribution in [0.15, 0.2) is 30.3 Å². The highest BCUT2D eigenvalue weighted by Crippen LogP contribution is 2.35. The third-order valence-corrected chi connectivity index (χ3v) is 1.94. The summed E-state index contributed by atoms with van der Waals surface area (Å²) in [5, 5.41) is 9.33. The van der Waals surface area contributed by atoms with Crippen molar-refractivity contribution in [3.05, 3.63) is 35.9 Å². The monoisotopic (exact) mass is 168 g/mol. The molecule has 0 aromatic heterocycles. The average molecular weight is 168 g/mol. The van der Waals surface area contributed by atoms with E-state index < -0.39 is 12.0 Å². The fourth-order valence-electron chi connectivity index (χ4n) is 1.13. The van der Waals surface area contributed by atoms with E-state index in [0.29, 0.717) is 6.61 Å². The van der Waals surface area contributed by atoms with Crippen molar-refractivity contribution in [1.82, 2.24) is 0 Å². The third-order valence-electron chi connectivity index (χ3n) is 1.94. The predicted molar refractivity (Wildman–Crippen MR) is 41.2 cm³/mol. The van der Waals surface area contributed by atoms with Crippen molar-refractivity contribution in [1.29, 1.82) is 0 Å². The Kier molecular flexibility index (Phi) is 1.63. The van der Waals surface area contributed by atoms with Gasteiger partial charge < -0.3 is 9.84 Å². The van der Waals surface area contributed by atoms with Crippen molar-refractivity contribution < 1.29 is 14.2 Å². The molecule has 1 N–H and O–H groups in total. The number of alkyl halides is 1. The van der Waals surface area contributed by atoms with Crippen LogP contribution in [0, 0.1) is 0 Å². The molecule has 12 heavy (non-hydrogen) atoms. The van der Waals surface area contributed by atoms with Gasteiger partial charge in [-0.3, -0.25) is 0 Å². The van der Waals surface area contributed by atoms with Crippen LogP contribution in [-0.2, 0) is 10.6 Å². The molecular formula is C9H9FO2. The van der Waals surface area contributed by atoms with Crippen LogP contribution >= 0.6 is 0 Å². The topological polar surface area (TPSA) is 32.8 Å². The van der Waals surface area contributed by atoms with E-state index in [0.717, 1.165) is 0 Å². The minimum atomic E-state index is -2.32. The number of epoxide rings is 1.